The molecule has 0 radical (unpaired) electrons. The van der Waals surface area contributed by atoms with Gasteiger partial charge in [-0.1, -0.05) is 72.8 Å². The van der Waals surface area contributed by atoms with Gasteiger partial charge in [-0.3, -0.25) is 0 Å². The quantitative estimate of drug-likeness (QED) is 0.558. The maximum absolute atomic E-state index is 6.41. The summed E-state index contributed by atoms with van der Waals surface area (Å²) in [5.74, 6) is 0. The largest absolute Gasteiger partial charge is 0.322 e. The molecule has 0 aliphatic carbocycles. The Bertz CT molecular complexity index is 960. The zero-order valence-electron chi connectivity index (χ0n) is 13.2. The molecule has 118 valence electrons. The Morgan fingerprint density at radius 3 is 2.46 bits per heavy atom. The summed E-state index contributed by atoms with van der Waals surface area (Å²) in [5, 5.41) is 3.50. The highest BCUT2D eigenvalue weighted by atomic mass is 32.1. The van der Waals surface area contributed by atoms with E-state index in [1.165, 1.54) is 26.8 Å². The van der Waals surface area contributed by atoms with Crippen LogP contribution < -0.4 is 5.73 Å². The number of hydrogen-bond acceptors (Lipinski definition) is 3. The highest BCUT2D eigenvalue weighted by molar-refractivity contribution is 7.15. The van der Waals surface area contributed by atoms with Crippen molar-refractivity contribution in [2.24, 2.45) is 5.73 Å². The first kappa shape index (κ1) is 15.1. The molecule has 4 rings (SSSR count). The van der Waals surface area contributed by atoms with E-state index in [-0.39, 0.29) is 6.04 Å². The van der Waals surface area contributed by atoms with Crippen molar-refractivity contribution in [3.63, 3.8) is 0 Å². The number of thiazole rings is 1. The second-order valence-corrected chi connectivity index (χ2v) is 6.98. The smallest absolute Gasteiger partial charge is 0.110 e. The molecule has 1 aromatic heterocycles. The Labute approximate surface area is 145 Å². The average Bonchev–Trinajstić information content (AvgIpc) is 3.13. The Kier molecular flexibility index (Phi) is 4.11. The molecule has 0 aliphatic heterocycles. The molecule has 4 aromatic rings. The fraction of sp³-hybridized carbons (Fsp3) is 0.0952. The number of fused-ring (bicyclic) bond motifs is 1. The van der Waals surface area contributed by atoms with Gasteiger partial charge in [0, 0.05) is 6.20 Å². The highest BCUT2D eigenvalue weighted by Gasteiger charge is 2.13. The molecule has 0 fully saturated rings. The van der Waals surface area contributed by atoms with Crippen LogP contribution in [0, 0.1) is 0 Å². The lowest BCUT2D eigenvalue weighted by molar-refractivity contribution is 0.716. The summed E-state index contributed by atoms with van der Waals surface area (Å²) in [5.41, 5.74) is 8.85. The molecule has 0 unspecified atom stereocenters. The van der Waals surface area contributed by atoms with Crippen molar-refractivity contribution in [2.45, 2.75) is 12.5 Å². The van der Waals surface area contributed by atoms with Crippen LogP contribution in [-0.2, 0) is 6.42 Å². The molecular weight excluding hydrogens is 312 g/mol. The van der Waals surface area contributed by atoms with E-state index in [1.807, 2.05) is 24.4 Å². The molecule has 1 heterocycles. The number of aromatic nitrogens is 1. The average molecular weight is 330 g/mol. The van der Waals surface area contributed by atoms with E-state index in [2.05, 4.69) is 59.6 Å². The monoisotopic (exact) mass is 330 g/mol. The molecule has 3 aromatic carbocycles. The third-order valence-corrected chi connectivity index (χ3v) is 5.35. The van der Waals surface area contributed by atoms with Gasteiger partial charge in [-0.25, -0.2) is 4.98 Å². The molecule has 0 saturated heterocycles. The fourth-order valence-corrected chi connectivity index (χ4v) is 3.83. The van der Waals surface area contributed by atoms with E-state index in [1.54, 1.807) is 11.3 Å². The van der Waals surface area contributed by atoms with E-state index in [0.717, 1.165) is 11.4 Å². The third kappa shape index (κ3) is 3.09. The normalized spacial score (nSPS) is 12.4. The molecule has 2 N–H and O–H groups in total. The van der Waals surface area contributed by atoms with Crippen LogP contribution in [0.15, 0.2) is 79.0 Å². The summed E-state index contributed by atoms with van der Waals surface area (Å²) in [7, 11) is 0. The first-order valence-corrected chi connectivity index (χ1v) is 8.86. The molecule has 0 spiro atoms. The Hall–Kier alpha value is -2.49. The van der Waals surface area contributed by atoms with E-state index in [0.29, 0.717) is 0 Å². The van der Waals surface area contributed by atoms with Gasteiger partial charge in [0.25, 0.3) is 0 Å². The first-order chi connectivity index (χ1) is 11.8. The van der Waals surface area contributed by atoms with Crippen molar-refractivity contribution in [3.05, 3.63) is 89.6 Å². The van der Waals surface area contributed by atoms with Crippen molar-refractivity contribution in [2.75, 3.05) is 0 Å². The van der Waals surface area contributed by atoms with Crippen molar-refractivity contribution < 1.29 is 0 Å². The number of hydrogen-bond donors (Lipinski definition) is 1. The van der Waals surface area contributed by atoms with Crippen LogP contribution >= 0.6 is 11.3 Å². The predicted molar refractivity (Wildman–Crippen MR) is 102 cm³/mol. The van der Waals surface area contributed by atoms with E-state index < -0.39 is 0 Å². The zero-order valence-corrected chi connectivity index (χ0v) is 14.0. The van der Waals surface area contributed by atoms with Gasteiger partial charge in [-0.15, -0.1) is 11.3 Å². The molecule has 0 aliphatic rings. The van der Waals surface area contributed by atoms with Crippen LogP contribution in [0.2, 0.25) is 0 Å². The minimum atomic E-state index is -0.0753. The van der Waals surface area contributed by atoms with E-state index >= 15 is 0 Å². The van der Waals surface area contributed by atoms with Gasteiger partial charge in [0.15, 0.2) is 0 Å². The molecule has 0 amide bonds. The molecule has 0 saturated carbocycles. The maximum Gasteiger partial charge on any atom is 0.110 e. The third-order valence-electron chi connectivity index (χ3n) is 4.17. The van der Waals surface area contributed by atoms with Crippen molar-refractivity contribution in [1.29, 1.82) is 0 Å². The van der Waals surface area contributed by atoms with Gasteiger partial charge in [0.2, 0.25) is 0 Å². The van der Waals surface area contributed by atoms with Crippen LogP contribution in [0.5, 0.6) is 0 Å². The van der Waals surface area contributed by atoms with Gasteiger partial charge >= 0.3 is 0 Å². The summed E-state index contributed by atoms with van der Waals surface area (Å²) in [6.07, 6.45) is 2.72. The van der Waals surface area contributed by atoms with Crippen molar-refractivity contribution >= 4 is 22.1 Å². The number of rotatable bonds is 4. The number of nitrogens with zero attached hydrogens (tertiary/aromatic N) is 1. The molecular formula is C21H18N2S. The van der Waals surface area contributed by atoms with Gasteiger partial charge < -0.3 is 5.73 Å². The van der Waals surface area contributed by atoms with Crippen LogP contribution in [0.25, 0.3) is 21.2 Å². The summed E-state index contributed by atoms with van der Waals surface area (Å²) in [6.45, 7) is 0. The highest BCUT2D eigenvalue weighted by Crippen LogP contribution is 2.29. The van der Waals surface area contributed by atoms with E-state index in [4.69, 9.17) is 5.73 Å². The second kappa shape index (κ2) is 6.56. The summed E-state index contributed by atoms with van der Waals surface area (Å²) >= 11 is 1.68. The SMILES string of the molecule is N[C@H](Cc1ccc2ccccc2c1)c1ncc(-c2ccccc2)s1. The Morgan fingerprint density at radius 1 is 0.875 bits per heavy atom. The molecule has 1 atom stereocenters. The Balaban J connectivity index is 1.55. The van der Waals surface area contributed by atoms with Crippen LogP contribution in [0.1, 0.15) is 16.6 Å². The van der Waals surface area contributed by atoms with Crippen LogP contribution in [-0.4, -0.2) is 4.98 Å². The fourth-order valence-electron chi connectivity index (χ4n) is 2.90. The minimum absolute atomic E-state index is 0.0753. The number of benzene rings is 3. The Morgan fingerprint density at radius 2 is 1.62 bits per heavy atom. The zero-order chi connectivity index (χ0) is 16.4. The minimum Gasteiger partial charge on any atom is -0.322 e. The van der Waals surface area contributed by atoms with Gasteiger partial charge in [0.05, 0.1) is 10.9 Å². The molecule has 0 bridgehead atoms. The molecule has 3 heteroatoms. The van der Waals surface area contributed by atoms with Gasteiger partial charge in [0.1, 0.15) is 5.01 Å². The van der Waals surface area contributed by atoms with Crippen molar-refractivity contribution in [3.8, 4) is 10.4 Å². The van der Waals surface area contributed by atoms with Gasteiger partial charge in [-0.2, -0.15) is 0 Å². The standard InChI is InChI=1S/C21H18N2S/c22-19(13-15-10-11-16-6-4-5-9-18(16)12-15)21-23-14-20(24-21)17-7-2-1-3-8-17/h1-12,14,19H,13,22H2/t19-/m1/s1. The maximum atomic E-state index is 6.41. The van der Waals surface area contributed by atoms with Crippen LogP contribution in [0.3, 0.4) is 0 Å². The summed E-state index contributed by atoms with van der Waals surface area (Å²) in [6, 6.07) is 25.2. The van der Waals surface area contributed by atoms with Crippen molar-refractivity contribution in [1.82, 2.24) is 4.98 Å². The number of nitrogens with two attached hydrogens (primary N) is 1. The lowest BCUT2D eigenvalue weighted by Crippen LogP contribution is -2.12. The summed E-state index contributed by atoms with van der Waals surface area (Å²) < 4.78 is 0. The second-order valence-electron chi connectivity index (χ2n) is 5.92. The van der Waals surface area contributed by atoms with Gasteiger partial charge in [-0.05, 0) is 28.3 Å². The summed E-state index contributed by atoms with van der Waals surface area (Å²) in [4.78, 5) is 5.71. The predicted octanol–water partition coefficient (Wildman–Crippen LogP) is 5.21. The lowest BCUT2D eigenvalue weighted by Gasteiger charge is -2.09. The lowest BCUT2D eigenvalue weighted by atomic mass is 10.0. The first-order valence-electron chi connectivity index (χ1n) is 8.04. The topological polar surface area (TPSA) is 38.9 Å². The van der Waals surface area contributed by atoms with Crippen LogP contribution in [0.4, 0.5) is 0 Å². The van der Waals surface area contributed by atoms with E-state index in [9.17, 15) is 0 Å². The molecule has 24 heavy (non-hydrogen) atoms. The molecule has 2 nitrogen and oxygen atoms in total.